The summed E-state index contributed by atoms with van der Waals surface area (Å²) in [5, 5.41) is 3.11. The number of hydrogen-bond donors (Lipinski definition) is 1. The van der Waals surface area contributed by atoms with E-state index in [4.69, 9.17) is 9.47 Å². The summed E-state index contributed by atoms with van der Waals surface area (Å²) in [5.41, 5.74) is 2.85. The number of rotatable bonds is 6. The zero-order valence-corrected chi connectivity index (χ0v) is 15.8. The molecular formula is C21H22N2O4. The Hall–Kier alpha value is -3.28. The van der Waals surface area contributed by atoms with Crippen molar-refractivity contribution in [1.82, 2.24) is 4.90 Å². The molecule has 0 radical (unpaired) electrons. The third-order valence-electron chi connectivity index (χ3n) is 4.36. The second-order valence-electron chi connectivity index (χ2n) is 6.21. The van der Waals surface area contributed by atoms with Gasteiger partial charge in [0.2, 0.25) is 0 Å². The van der Waals surface area contributed by atoms with E-state index in [9.17, 15) is 9.59 Å². The van der Waals surface area contributed by atoms with Crippen LogP contribution in [-0.4, -0.2) is 37.5 Å². The van der Waals surface area contributed by atoms with Crippen LogP contribution in [0.5, 0.6) is 11.5 Å². The number of anilines is 1. The van der Waals surface area contributed by atoms with Gasteiger partial charge >= 0.3 is 0 Å². The first-order valence-corrected chi connectivity index (χ1v) is 8.67. The maximum absolute atomic E-state index is 12.7. The molecular weight excluding hydrogens is 344 g/mol. The molecule has 2 aromatic carbocycles. The number of carbonyl (C=O) groups excluding carboxylic acids is 2. The van der Waals surface area contributed by atoms with E-state index in [1.165, 1.54) is 7.05 Å². The number of carbonyl (C=O) groups is 2. The lowest BCUT2D eigenvalue weighted by molar-refractivity contribution is -0.135. The molecule has 2 aromatic rings. The van der Waals surface area contributed by atoms with Crippen molar-refractivity contribution >= 4 is 23.1 Å². The molecule has 0 aromatic heterocycles. The van der Waals surface area contributed by atoms with Gasteiger partial charge in [0.25, 0.3) is 11.8 Å². The van der Waals surface area contributed by atoms with Gasteiger partial charge in [-0.15, -0.1) is 0 Å². The van der Waals surface area contributed by atoms with Crippen LogP contribution in [0, 0.1) is 6.92 Å². The molecule has 2 amide bonds. The van der Waals surface area contributed by atoms with Gasteiger partial charge in [-0.25, -0.2) is 0 Å². The van der Waals surface area contributed by atoms with E-state index < -0.39 is 0 Å². The van der Waals surface area contributed by atoms with E-state index in [-0.39, 0.29) is 17.5 Å². The highest BCUT2D eigenvalue weighted by Crippen LogP contribution is 2.33. The Labute approximate surface area is 158 Å². The van der Waals surface area contributed by atoms with E-state index in [1.807, 2.05) is 32.0 Å². The summed E-state index contributed by atoms with van der Waals surface area (Å²) in [6.07, 6.45) is 0. The van der Waals surface area contributed by atoms with Crippen LogP contribution in [0.2, 0.25) is 0 Å². The Morgan fingerprint density at radius 3 is 2.37 bits per heavy atom. The van der Waals surface area contributed by atoms with Crippen LogP contribution >= 0.6 is 0 Å². The van der Waals surface area contributed by atoms with Crippen LogP contribution in [0.4, 0.5) is 5.69 Å². The number of nitrogens with zero attached hydrogens (tertiary/aromatic N) is 1. The largest absolute Gasteiger partial charge is 0.495 e. The molecule has 1 heterocycles. The molecule has 3 rings (SSSR count). The fraction of sp³-hybridized carbons (Fsp3) is 0.238. The van der Waals surface area contributed by atoms with Gasteiger partial charge in [0.1, 0.15) is 17.2 Å². The van der Waals surface area contributed by atoms with E-state index in [1.54, 1.807) is 31.4 Å². The van der Waals surface area contributed by atoms with Crippen LogP contribution in [0.3, 0.4) is 0 Å². The van der Waals surface area contributed by atoms with Crippen molar-refractivity contribution in [2.75, 3.05) is 26.1 Å². The smallest absolute Gasteiger partial charge is 0.277 e. The number of benzene rings is 2. The summed E-state index contributed by atoms with van der Waals surface area (Å²) < 4.78 is 10.8. The standard InChI is InChI=1S/C21H22N2O4/c1-5-27-15-9-7-14(8-10-15)18-19(21(25)23(3)20(18)24)22-16-12-13(2)6-11-17(16)26-4/h6-12,22H,5H2,1-4H3. The van der Waals surface area contributed by atoms with Crippen molar-refractivity contribution in [3.8, 4) is 11.5 Å². The summed E-state index contributed by atoms with van der Waals surface area (Å²) in [7, 11) is 3.03. The summed E-state index contributed by atoms with van der Waals surface area (Å²) in [5.74, 6) is 0.571. The van der Waals surface area contributed by atoms with Crippen LogP contribution < -0.4 is 14.8 Å². The van der Waals surface area contributed by atoms with Crippen molar-refractivity contribution in [1.29, 1.82) is 0 Å². The third kappa shape index (κ3) is 3.51. The first-order valence-electron chi connectivity index (χ1n) is 8.67. The molecule has 0 spiro atoms. The molecule has 1 aliphatic rings. The van der Waals surface area contributed by atoms with Crippen molar-refractivity contribution in [3.63, 3.8) is 0 Å². The Bertz CT molecular complexity index is 916. The molecule has 0 unspecified atom stereocenters. The minimum atomic E-state index is -0.382. The lowest BCUT2D eigenvalue weighted by Gasteiger charge is -2.13. The second-order valence-corrected chi connectivity index (χ2v) is 6.21. The summed E-state index contributed by atoms with van der Waals surface area (Å²) in [4.78, 5) is 26.5. The fourth-order valence-electron chi connectivity index (χ4n) is 2.96. The number of imide groups is 1. The lowest BCUT2D eigenvalue weighted by Crippen LogP contribution is -2.28. The summed E-state index contributed by atoms with van der Waals surface area (Å²) >= 11 is 0. The van der Waals surface area contributed by atoms with Crippen LogP contribution in [0.15, 0.2) is 48.2 Å². The van der Waals surface area contributed by atoms with Gasteiger partial charge in [0, 0.05) is 7.05 Å². The third-order valence-corrected chi connectivity index (χ3v) is 4.36. The van der Waals surface area contributed by atoms with Gasteiger partial charge in [-0.05, 0) is 49.2 Å². The molecule has 0 fully saturated rings. The van der Waals surface area contributed by atoms with Gasteiger partial charge in [-0.3, -0.25) is 14.5 Å². The number of nitrogens with one attached hydrogen (secondary N) is 1. The first kappa shape index (κ1) is 18.5. The normalized spacial score (nSPS) is 14.0. The lowest BCUT2D eigenvalue weighted by atomic mass is 10.0. The molecule has 1 aliphatic heterocycles. The first-order chi connectivity index (χ1) is 13.0. The molecule has 1 N–H and O–H groups in total. The van der Waals surface area contributed by atoms with Gasteiger partial charge < -0.3 is 14.8 Å². The number of methoxy groups -OCH3 is 1. The number of ether oxygens (including phenoxy) is 2. The van der Waals surface area contributed by atoms with Crippen molar-refractivity contribution in [2.45, 2.75) is 13.8 Å². The average molecular weight is 366 g/mol. The van der Waals surface area contributed by atoms with Crippen molar-refractivity contribution in [3.05, 3.63) is 59.3 Å². The molecule has 0 bridgehead atoms. The fourth-order valence-corrected chi connectivity index (χ4v) is 2.96. The molecule has 27 heavy (non-hydrogen) atoms. The van der Waals surface area contributed by atoms with E-state index in [0.717, 1.165) is 10.5 Å². The quantitative estimate of drug-likeness (QED) is 0.795. The van der Waals surface area contributed by atoms with Gasteiger partial charge in [-0.2, -0.15) is 0 Å². The molecule has 6 heteroatoms. The minimum absolute atomic E-state index is 0.232. The van der Waals surface area contributed by atoms with E-state index >= 15 is 0 Å². The molecule has 0 aliphatic carbocycles. The van der Waals surface area contributed by atoms with Crippen LogP contribution in [0.1, 0.15) is 18.1 Å². The number of likely N-dealkylation sites (N-methyl/N-ethyl adjacent to an activating group) is 1. The highest BCUT2D eigenvalue weighted by Gasteiger charge is 2.37. The van der Waals surface area contributed by atoms with Crippen LogP contribution in [0.25, 0.3) is 5.57 Å². The highest BCUT2D eigenvalue weighted by atomic mass is 16.5. The Kier molecular flexibility index (Phi) is 5.16. The molecule has 0 saturated heterocycles. The Balaban J connectivity index is 2.06. The Morgan fingerprint density at radius 1 is 1.04 bits per heavy atom. The predicted octanol–water partition coefficient (Wildman–Crippen LogP) is 3.22. The molecule has 0 atom stereocenters. The summed E-state index contributed by atoms with van der Waals surface area (Å²) in [6.45, 7) is 4.41. The highest BCUT2D eigenvalue weighted by molar-refractivity contribution is 6.36. The number of aryl methyl sites for hydroxylation is 1. The molecule has 140 valence electrons. The zero-order valence-electron chi connectivity index (χ0n) is 15.8. The van der Waals surface area contributed by atoms with E-state index in [0.29, 0.717) is 34.9 Å². The minimum Gasteiger partial charge on any atom is -0.495 e. The second kappa shape index (κ2) is 7.53. The van der Waals surface area contributed by atoms with E-state index in [2.05, 4.69) is 5.32 Å². The van der Waals surface area contributed by atoms with Crippen molar-refractivity contribution < 1.29 is 19.1 Å². The van der Waals surface area contributed by atoms with Crippen LogP contribution in [-0.2, 0) is 9.59 Å². The topological polar surface area (TPSA) is 67.9 Å². The monoisotopic (exact) mass is 366 g/mol. The number of amides is 2. The molecule has 0 saturated carbocycles. The predicted molar refractivity (Wildman–Crippen MR) is 104 cm³/mol. The van der Waals surface area contributed by atoms with Crippen molar-refractivity contribution in [2.24, 2.45) is 0 Å². The maximum Gasteiger partial charge on any atom is 0.277 e. The summed E-state index contributed by atoms with van der Waals surface area (Å²) in [6, 6.07) is 12.7. The van der Waals surface area contributed by atoms with Gasteiger partial charge in [0.05, 0.1) is 25.0 Å². The Morgan fingerprint density at radius 2 is 1.74 bits per heavy atom. The van der Waals surface area contributed by atoms with Gasteiger partial charge in [0.15, 0.2) is 0 Å². The average Bonchev–Trinajstić information content (AvgIpc) is 2.87. The van der Waals surface area contributed by atoms with Gasteiger partial charge in [-0.1, -0.05) is 18.2 Å². The zero-order chi connectivity index (χ0) is 19.6. The number of hydrogen-bond acceptors (Lipinski definition) is 5. The SMILES string of the molecule is CCOc1ccc(C2=C(Nc3cc(C)ccc3OC)C(=O)N(C)C2=O)cc1. The maximum atomic E-state index is 12.7. The molecule has 6 nitrogen and oxygen atoms in total.